The van der Waals surface area contributed by atoms with E-state index in [4.69, 9.17) is 19.4 Å². The van der Waals surface area contributed by atoms with E-state index in [9.17, 15) is 0 Å². The molecule has 0 saturated heterocycles. The first-order valence-electron chi connectivity index (χ1n) is 17.7. The molecule has 11 rings (SSSR count). The fourth-order valence-corrected chi connectivity index (χ4v) is 9.00. The average molecular weight is 645 g/mol. The van der Waals surface area contributed by atoms with Crippen molar-refractivity contribution in [2.24, 2.45) is 0 Å². The highest BCUT2D eigenvalue weighted by atomic mass is 16.3. The molecule has 238 valence electrons. The third-order valence-corrected chi connectivity index (χ3v) is 11.3. The van der Waals surface area contributed by atoms with E-state index in [0.29, 0.717) is 17.6 Å². The lowest BCUT2D eigenvalue weighted by atomic mass is 9.68. The Balaban J connectivity index is 1.19. The van der Waals surface area contributed by atoms with Crippen molar-refractivity contribution >= 4 is 43.7 Å². The molecule has 9 aromatic rings. The van der Waals surface area contributed by atoms with E-state index < -0.39 is 0 Å². The van der Waals surface area contributed by atoms with Gasteiger partial charge in [0, 0.05) is 38.1 Å². The van der Waals surface area contributed by atoms with Crippen molar-refractivity contribution in [3.05, 3.63) is 145 Å². The molecule has 2 aliphatic rings. The molecule has 5 heteroatoms. The van der Waals surface area contributed by atoms with Crippen LogP contribution in [0.25, 0.3) is 83.6 Å². The van der Waals surface area contributed by atoms with Gasteiger partial charge in [-0.15, -0.1) is 0 Å². The quantitative estimate of drug-likeness (QED) is 0.192. The zero-order valence-electron chi connectivity index (χ0n) is 27.4. The van der Waals surface area contributed by atoms with Crippen molar-refractivity contribution in [1.82, 2.24) is 19.5 Å². The van der Waals surface area contributed by atoms with Gasteiger partial charge < -0.3 is 4.42 Å². The predicted molar refractivity (Wildman–Crippen MR) is 202 cm³/mol. The van der Waals surface area contributed by atoms with Gasteiger partial charge in [0.25, 0.3) is 0 Å². The maximum absolute atomic E-state index is 6.29. The minimum absolute atomic E-state index is 0.0428. The lowest BCUT2D eigenvalue weighted by Crippen LogP contribution is -2.28. The number of benzene rings is 6. The lowest BCUT2D eigenvalue weighted by Gasteiger charge is -2.36. The lowest BCUT2D eigenvalue weighted by molar-refractivity contribution is 0.353. The van der Waals surface area contributed by atoms with Gasteiger partial charge in [0.05, 0.1) is 11.0 Å². The second-order valence-corrected chi connectivity index (χ2v) is 13.9. The fraction of sp³-hybridized carbons (Fsp3) is 0.133. The summed E-state index contributed by atoms with van der Waals surface area (Å²) in [6.45, 7) is 0. The topological polar surface area (TPSA) is 56.7 Å². The van der Waals surface area contributed by atoms with Crippen LogP contribution in [0, 0.1) is 0 Å². The molecule has 5 nitrogen and oxygen atoms in total. The van der Waals surface area contributed by atoms with Gasteiger partial charge in [-0.25, -0.2) is 4.98 Å². The van der Waals surface area contributed by atoms with Crippen LogP contribution in [-0.2, 0) is 5.41 Å². The zero-order valence-corrected chi connectivity index (χ0v) is 27.4. The van der Waals surface area contributed by atoms with Crippen molar-refractivity contribution in [2.45, 2.75) is 37.5 Å². The van der Waals surface area contributed by atoms with E-state index in [1.165, 1.54) is 65.1 Å². The van der Waals surface area contributed by atoms with Gasteiger partial charge in [0.2, 0.25) is 5.95 Å². The summed E-state index contributed by atoms with van der Waals surface area (Å²) in [6.07, 6.45) is 6.17. The molecule has 0 unspecified atom stereocenters. The molecule has 0 aliphatic heterocycles. The average Bonchev–Trinajstić information content (AvgIpc) is 3.80. The predicted octanol–water partition coefficient (Wildman–Crippen LogP) is 11.4. The standard InChI is InChI=1S/C45H32N4O/c1-3-13-28(14-4-1)42-46-43(29-21-22-33-32-17-7-10-20-40(32)50-41(33)25-29)48-44(47-42)49-38-19-9-6-16-31(38)35-26-34-30-15-5-8-18-36(30)45(23-11-2-12-24-45)37(34)27-39(35)49/h1,3-10,13-22,25-27H,2,11-12,23-24H2. The third kappa shape index (κ3) is 3.92. The summed E-state index contributed by atoms with van der Waals surface area (Å²) in [5.41, 5.74) is 11.5. The first kappa shape index (κ1) is 27.8. The van der Waals surface area contributed by atoms with Crippen LogP contribution in [0.2, 0.25) is 0 Å². The summed E-state index contributed by atoms with van der Waals surface area (Å²) in [6, 6.07) is 47.4. The molecule has 3 heterocycles. The Labute approximate surface area is 288 Å². The van der Waals surface area contributed by atoms with Gasteiger partial charge in [-0.1, -0.05) is 116 Å². The molecular formula is C45H32N4O. The summed E-state index contributed by atoms with van der Waals surface area (Å²) in [5.74, 6) is 1.86. The van der Waals surface area contributed by atoms with E-state index in [0.717, 1.165) is 44.1 Å². The number of fused-ring (bicyclic) bond motifs is 11. The second kappa shape index (κ2) is 10.5. The van der Waals surface area contributed by atoms with E-state index in [1.54, 1.807) is 0 Å². The Bertz CT molecular complexity index is 2800. The van der Waals surface area contributed by atoms with Crippen LogP contribution in [0.15, 0.2) is 138 Å². The molecule has 0 amide bonds. The zero-order chi connectivity index (χ0) is 32.8. The van der Waals surface area contributed by atoms with Crippen LogP contribution < -0.4 is 0 Å². The smallest absolute Gasteiger partial charge is 0.238 e. The number of para-hydroxylation sites is 2. The number of hydrogen-bond acceptors (Lipinski definition) is 4. The Morgan fingerprint density at radius 1 is 0.480 bits per heavy atom. The Hall–Kier alpha value is -6.07. The Morgan fingerprint density at radius 2 is 1.20 bits per heavy atom. The number of furan rings is 1. The molecule has 0 atom stereocenters. The minimum atomic E-state index is 0.0428. The SMILES string of the molecule is c1ccc(-c2nc(-c3ccc4c(c3)oc3ccccc34)nc(-n3c4ccccc4c4cc5c(cc43)C3(CCCCC3)c3ccccc3-5)n2)cc1. The number of nitrogens with zero attached hydrogens (tertiary/aromatic N) is 4. The van der Waals surface area contributed by atoms with Crippen LogP contribution in [0.3, 0.4) is 0 Å². The molecular weight excluding hydrogens is 613 g/mol. The van der Waals surface area contributed by atoms with Crippen LogP contribution >= 0.6 is 0 Å². The molecule has 3 aromatic heterocycles. The van der Waals surface area contributed by atoms with Crippen molar-refractivity contribution in [2.75, 3.05) is 0 Å². The maximum Gasteiger partial charge on any atom is 0.238 e. The summed E-state index contributed by atoms with van der Waals surface area (Å²) >= 11 is 0. The van der Waals surface area contributed by atoms with E-state index in [1.807, 2.05) is 36.4 Å². The largest absolute Gasteiger partial charge is 0.456 e. The first-order chi connectivity index (χ1) is 24.7. The highest BCUT2D eigenvalue weighted by Gasteiger charge is 2.44. The van der Waals surface area contributed by atoms with Crippen molar-refractivity contribution < 1.29 is 4.42 Å². The van der Waals surface area contributed by atoms with E-state index in [-0.39, 0.29) is 5.41 Å². The van der Waals surface area contributed by atoms with Crippen LogP contribution in [0.5, 0.6) is 0 Å². The normalized spacial score (nSPS) is 15.0. The fourth-order valence-electron chi connectivity index (χ4n) is 9.00. The summed E-state index contributed by atoms with van der Waals surface area (Å²) in [4.78, 5) is 15.6. The number of aromatic nitrogens is 4. The monoisotopic (exact) mass is 644 g/mol. The molecule has 0 bridgehead atoms. The van der Waals surface area contributed by atoms with Crippen LogP contribution in [0.4, 0.5) is 0 Å². The second-order valence-electron chi connectivity index (χ2n) is 13.9. The van der Waals surface area contributed by atoms with Gasteiger partial charge >= 0.3 is 0 Å². The Morgan fingerprint density at radius 3 is 2.08 bits per heavy atom. The molecule has 50 heavy (non-hydrogen) atoms. The summed E-state index contributed by atoms with van der Waals surface area (Å²) in [7, 11) is 0. The van der Waals surface area contributed by atoms with Gasteiger partial charge in [0.15, 0.2) is 11.6 Å². The molecule has 1 fully saturated rings. The van der Waals surface area contributed by atoms with Crippen molar-refractivity contribution in [3.63, 3.8) is 0 Å². The van der Waals surface area contributed by atoms with Gasteiger partial charge in [-0.05, 0) is 71.5 Å². The van der Waals surface area contributed by atoms with E-state index in [2.05, 4.69) is 102 Å². The summed E-state index contributed by atoms with van der Waals surface area (Å²) in [5, 5.41) is 4.59. The van der Waals surface area contributed by atoms with Crippen molar-refractivity contribution in [1.29, 1.82) is 0 Å². The minimum Gasteiger partial charge on any atom is -0.456 e. The van der Waals surface area contributed by atoms with Gasteiger partial charge in [-0.2, -0.15) is 9.97 Å². The molecule has 6 aromatic carbocycles. The molecule has 2 aliphatic carbocycles. The van der Waals surface area contributed by atoms with Crippen LogP contribution in [-0.4, -0.2) is 19.5 Å². The highest BCUT2D eigenvalue weighted by molar-refractivity contribution is 6.11. The summed E-state index contributed by atoms with van der Waals surface area (Å²) < 4.78 is 8.56. The van der Waals surface area contributed by atoms with Crippen molar-refractivity contribution in [3.8, 4) is 39.9 Å². The number of rotatable bonds is 3. The van der Waals surface area contributed by atoms with Gasteiger partial charge in [-0.3, -0.25) is 4.57 Å². The number of hydrogen-bond donors (Lipinski definition) is 0. The molecule has 1 spiro atoms. The first-order valence-corrected chi connectivity index (χ1v) is 17.7. The van der Waals surface area contributed by atoms with E-state index >= 15 is 0 Å². The molecule has 1 saturated carbocycles. The molecule has 0 radical (unpaired) electrons. The van der Waals surface area contributed by atoms with Crippen LogP contribution in [0.1, 0.15) is 43.2 Å². The highest BCUT2D eigenvalue weighted by Crippen LogP contribution is 2.57. The Kier molecular flexibility index (Phi) is 5.83. The molecule has 0 N–H and O–H groups in total. The maximum atomic E-state index is 6.29. The van der Waals surface area contributed by atoms with Gasteiger partial charge in [0.1, 0.15) is 11.2 Å². The third-order valence-electron chi connectivity index (χ3n) is 11.3.